The number of amidine groups is 1. The lowest BCUT2D eigenvalue weighted by atomic mass is 10.4. The average molecular weight is 189 g/mol. The first-order valence-electron chi connectivity index (χ1n) is 4.43. The average Bonchev–Trinajstić information content (AvgIpc) is 2.12. The Balaban J connectivity index is 3.35. The van der Waals surface area contributed by atoms with Crippen LogP contribution in [-0.2, 0) is 4.74 Å². The molecule has 0 saturated carbocycles. The molecule has 0 unspecified atom stereocenters. The van der Waals surface area contributed by atoms with Crippen molar-refractivity contribution in [3.63, 3.8) is 0 Å². The summed E-state index contributed by atoms with van der Waals surface area (Å²) in [6.45, 7) is 4.86. The number of hydrogen-bond donors (Lipinski definition) is 2. The maximum absolute atomic E-state index is 8.30. The Bertz CT molecular complexity index is 150. The second-order valence-corrected chi connectivity index (χ2v) is 2.88. The van der Waals surface area contributed by atoms with Gasteiger partial charge in [0.15, 0.2) is 5.84 Å². The quantitative estimate of drug-likeness (QED) is 0.196. The highest BCUT2D eigenvalue weighted by molar-refractivity contribution is 5.81. The highest BCUT2D eigenvalue weighted by Crippen LogP contribution is 1.88. The molecule has 3 N–H and O–H groups in total. The molecular formula is C8H19N3O2. The van der Waals surface area contributed by atoms with Gasteiger partial charge in [-0.2, -0.15) is 0 Å². The molecule has 0 aliphatic heterocycles. The van der Waals surface area contributed by atoms with Gasteiger partial charge in [-0.1, -0.05) is 5.16 Å². The van der Waals surface area contributed by atoms with Crippen LogP contribution in [0.3, 0.4) is 0 Å². The van der Waals surface area contributed by atoms with E-state index in [2.05, 4.69) is 5.16 Å². The first-order valence-corrected chi connectivity index (χ1v) is 4.43. The van der Waals surface area contributed by atoms with Gasteiger partial charge < -0.3 is 15.7 Å². The lowest BCUT2D eigenvalue weighted by molar-refractivity contribution is 0.137. The monoisotopic (exact) mass is 189 g/mol. The topological polar surface area (TPSA) is 71.1 Å². The molecule has 0 rings (SSSR count). The highest BCUT2D eigenvalue weighted by Gasteiger charge is 2.00. The molecule has 0 aliphatic carbocycles. The van der Waals surface area contributed by atoms with Crippen LogP contribution in [-0.4, -0.2) is 49.3 Å². The molecule has 78 valence electrons. The molecule has 13 heavy (non-hydrogen) atoms. The maximum Gasteiger partial charge on any atom is 0.153 e. The molecule has 0 radical (unpaired) electrons. The Morgan fingerprint density at radius 1 is 1.62 bits per heavy atom. The highest BCUT2D eigenvalue weighted by atomic mass is 16.5. The largest absolute Gasteiger partial charge is 0.409 e. The van der Waals surface area contributed by atoms with E-state index < -0.39 is 0 Å². The van der Waals surface area contributed by atoms with Gasteiger partial charge >= 0.3 is 0 Å². The third-order valence-electron chi connectivity index (χ3n) is 1.59. The van der Waals surface area contributed by atoms with Crippen LogP contribution in [0.1, 0.15) is 13.3 Å². The molecule has 0 aromatic rings. The zero-order chi connectivity index (χ0) is 10.1. The summed E-state index contributed by atoms with van der Waals surface area (Å²) in [5.74, 6) is 0.235. The van der Waals surface area contributed by atoms with Gasteiger partial charge in [-0.15, -0.1) is 0 Å². The molecule has 0 spiro atoms. The zero-order valence-electron chi connectivity index (χ0n) is 8.36. The molecule has 5 heteroatoms. The molecule has 0 aromatic carbocycles. The number of nitrogens with two attached hydrogens (primary N) is 1. The van der Waals surface area contributed by atoms with E-state index in [-0.39, 0.29) is 5.84 Å². The number of nitrogens with zero attached hydrogens (tertiary/aromatic N) is 2. The summed E-state index contributed by atoms with van der Waals surface area (Å²) in [5, 5.41) is 11.2. The molecule has 0 saturated heterocycles. The van der Waals surface area contributed by atoms with Crippen molar-refractivity contribution in [1.29, 1.82) is 0 Å². The molecule has 0 aliphatic rings. The second-order valence-electron chi connectivity index (χ2n) is 2.88. The fourth-order valence-corrected chi connectivity index (χ4v) is 0.968. The van der Waals surface area contributed by atoms with Crippen molar-refractivity contribution in [1.82, 2.24) is 4.90 Å². The van der Waals surface area contributed by atoms with Crippen LogP contribution < -0.4 is 5.73 Å². The molecule has 0 bridgehead atoms. The van der Waals surface area contributed by atoms with E-state index >= 15 is 0 Å². The lowest BCUT2D eigenvalue weighted by Crippen LogP contribution is -2.32. The van der Waals surface area contributed by atoms with Crippen LogP contribution >= 0.6 is 0 Å². The predicted octanol–water partition coefficient (Wildman–Crippen LogP) is 0.0912. The van der Waals surface area contributed by atoms with Gasteiger partial charge in [0, 0.05) is 19.8 Å². The van der Waals surface area contributed by atoms with Gasteiger partial charge in [0.2, 0.25) is 0 Å². The van der Waals surface area contributed by atoms with Gasteiger partial charge in [-0.25, -0.2) is 0 Å². The van der Waals surface area contributed by atoms with Gasteiger partial charge in [0.25, 0.3) is 0 Å². The normalized spacial score (nSPS) is 12.4. The van der Waals surface area contributed by atoms with E-state index in [9.17, 15) is 0 Å². The van der Waals surface area contributed by atoms with Crippen molar-refractivity contribution >= 4 is 5.84 Å². The van der Waals surface area contributed by atoms with E-state index in [4.69, 9.17) is 15.7 Å². The molecule has 5 nitrogen and oxygen atoms in total. The number of oxime groups is 1. The fraction of sp³-hybridized carbons (Fsp3) is 0.875. The molecule has 0 amide bonds. The summed E-state index contributed by atoms with van der Waals surface area (Å²) in [6.07, 6.45) is 0.961. The summed E-state index contributed by atoms with van der Waals surface area (Å²) in [7, 11) is 1.92. The molecule has 0 atom stereocenters. The van der Waals surface area contributed by atoms with E-state index in [0.717, 1.165) is 26.2 Å². The van der Waals surface area contributed by atoms with Crippen LogP contribution in [0.25, 0.3) is 0 Å². The lowest BCUT2D eigenvalue weighted by Gasteiger charge is -2.14. The summed E-state index contributed by atoms with van der Waals surface area (Å²) >= 11 is 0. The number of rotatable bonds is 7. The van der Waals surface area contributed by atoms with Crippen molar-refractivity contribution < 1.29 is 9.94 Å². The predicted molar refractivity (Wildman–Crippen MR) is 52.0 cm³/mol. The minimum atomic E-state index is 0.235. The number of ether oxygens (including phenoxy) is 1. The number of hydrogen-bond acceptors (Lipinski definition) is 4. The van der Waals surface area contributed by atoms with Crippen LogP contribution in [0.15, 0.2) is 5.16 Å². The van der Waals surface area contributed by atoms with Gasteiger partial charge in [0.1, 0.15) is 0 Å². The SMILES string of the molecule is CCOCCCN(C)CC(N)=NO. The van der Waals surface area contributed by atoms with Crippen LogP contribution in [0.4, 0.5) is 0 Å². The summed E-state index contributed by atoms with van der Waals surface area (Å²) in [4.78, 5) is 1.98. The summed E-state index contributed by atoms with van der Waals surface area (Å²) < 4.78 is 5.18. The maximum atomic E-state index is 8.30. The van der Waals surface area contributed by atoms with Crippen LogP contribution in [0, 0.1) is 0 Å². The van der Waals surface area contributed by atoms with Gasteiger partial charge in [-0.05, 0) is 20.4 Å². The van der Waals surface area contributed by atoms with Crippen LogP contribution in [0.5, 0.6) is 0 Å². The minimum Gasteiger partial charge on any atom is -0.409 e. The molecule has 0 heterocycles. The van der Waals surface area contributed by atoms with Crippen molar-refractivity contribution in [2.24, 2.45) is 10.9 Å². The first kappa shape index (κ1) is 12.2. The molecular weight excluding hydrogens is 170 g/mol. The first-order chi connectivity index (χ1) is 6.20. The van der Waals surface area contributed by atoms with E-state index in [1.807, 2.05) is 18.9 Å². The van der Waals surface area contributed by atoms with Gasteiger partial charge in [-0.3, -0.25) is 4.90 Å². The van der Waals surface area contributed by atoms with Crippen molar-refractivity contribution in [3.05, 3.63) is 0 Å². The van der Waals surface area contributed by atoms with Crippen molar-refractivity contribution in [3.8, 4) is 0 Å². The van der Waals surface area contributed by atoms with Crippen molar-refractivity contribution in [2.75, 3.05) is 33.4 Å². The van der Waals surface area contributed by atoms with Crippen molar-refractivity contribution in [2.45, 2.75) is 13.3 Å². The Labute approximate surface area is 79.2 Å². The summed E-state index contributed by atoms with van der Waals surface area (Å²) in [6, 6.07) is 0. The number of likely N-dealkylation sites (N-methyl/N-ethyl adjacent to an activating group) is 1. The standard InChI is InChI=1S/C8H19N3O2/c1-3-13-6-4-5-11(2)7-8(9)10-12/h12H,3-7H2,1-2H3,(H2,9,10). The third-order valence-corrected chi connectivity index (χ3v) is 1.59. The minimum absolute atomic E-state index is 0.235. The van der Waals surface area contributed by atoms with E-state index in [0.29, 0.717) is 6.54 Å². The zero-order valence-corrected chi connectivity index (χ0v) is 8.36. The third kappa shape index (κ3) is 7.55. The summed E-state index contributed by atoms with van der Waals surface area (Å²) in [5.41, 5.74) is 5.33. The van der Waals surface area contributed by atoms with E-state index in [1.165, 1.54) is 0 Å². The Morgan fingerprint density at radius 2 is 2.31 bits per heavy atom. The Hall–Kier alpha value is -0.810. The Kier molecular flexibility index (Phi) is 7.33. The smallest absolute Gasteiger partial charge is 0.153 e. The second kappa shape index (κ2) is 7.82. The van der Waals surface area contributed by atoms with Crippen LogP contribution in [0.2, 0.25) is 0 Å². The Morgan fingerprint density at radius 3 is 2.85 bits per heavy atom. The van der Waals surface area contributed by atoms with Gasteiger partial charge in [0.05, 0.1) is 6.54 Å². The van der Waals surface area contributed by atoms with E-state index in [1.54, 1.807) is 0 Å². The fourth-order valence-electron chi connectivity index (χ4n) is 0.968. The molecule has 0 aromatic heterocycles. The molecule has 0 fully saturated rings.